The lowest BCUT2D eigenvalue weighted by Gasteiger charge is -2.13. The number of pyridine rings is 1. The zero-order chi connectivity index (χ0) is 15.2. The van der Waals surface area contributed by atoms with Crippen LogP contribution in [-0.4, -0.2) is 11.6 Å². The Bertz CT molecular complexity index is 616. The van der Waals surface area contributed by atoms with Gasteiger partial charge in [-0.3, -0.25) is 4.98 Å². The van der Waals surface area contributed by atoms with Gasteiger partial charge in [-0.1, -0.05) is 13.0 Å². The maximum absolute atomic E-state index is 13.7. The number of benzene rings is 1. The molecule has 21 heavy (non-hydrogen) atoms. The second-order valence-electron chi connectivity index (χ2n) is 4.84. The molecule has 4 nitrogen and oxygen atoms in total. The van der Waals surface area contributed by atoms with Gasteiger partial charge in [0, 0.05) is 17.8 Å². The van der Waals surface area contributed by atoms with Crippen molar-refractivity contribution in [3.8, 4) is 5.75 Å². The number of hydrogen-bond acceptors (Lipinski definition) is 4. The molecule has 0 amide bonds. The summed E-state index contributed by atoms with van der Waals surface area (Å²) in [6, 6.07) is 8.68. The minimum absolute atomic E-state index is 0.214. The SMILES string of the molecule is CCCOc1cc(NCc2cccc(C)n2)c(N)cc1F. The first-order valence-electron chi connectivity index (χ1n) is 6.98. The molecule has 1 aromatic carbocycles. The van der Waals surface area contributed by atoms with E-state index in [4.69, 9.17) is 10.5 Å². The average Bonchev–Trinajstić information content (AvgIpc) is 2.45. The van der Waals surface area contributed by atoms with E-state index in [-0.39, 0.29) is 5.75 Å². The molecule has 2 aromatic rings. The van der Waals surface area contributed by atoms with Crippen LogP contribution >= 0.6 is 0 Å². The summed E-state index contributed by atoms with van der Waals surface area (Å²) in [5, 5.41) is 3.17. The van der Waals surface area contributed by atoms with Crippen LogP contribution in [-0.2, 0) is 6.54 Å². The van der Waals surface area contributed by atoms with Gasteiger partial charge in [-0.05, 0) is 25.5 Å². The van der Waals surface area contributed by atoms with Gasteiger partial charge in [0.05, 0.1) is 30.2 Å². The van der Waals surface area contributed by atoms with Crippen molar-refractivity contribution in [1.82, 2.24) is 4.98 Å². The number of nitrogen functional groups attached to an aromatic ring is 1. The molecule has 5 heteroatoms. The van der Waals surface area contributed by atoms with Gasteiger partial charge in [0.2, 0.25) is 0 Å². The molecule has 112 valence electrons. The first kappa shape index (κ1) is 15.1. The second kappa shape index (κ2) is 6.92. The second-order valence-corrected chi connectivity index (χ2v) is 4.84. The number of aromatic nitrogens is 1. The predicted molar refractivity (Wildman–Crippen MR) is 82.9 cm³/mol. The zero-order valence-corrected chi connectivity index (χ0v) is 12.3. The monoisotopic (exact) mass is 289 g/mol. The summed E-state index contributed by atoms with van der Waals surface area (Å²) in [5.41, 5.74) is 8.68. The highest BCUT2D eigenvalue weighted by atomic mass is 19.1. The van der Waals surface area contributed by atoms with Crippen LogP contribution in [0.2, 0.25) is 0 Å². The molecule has 0 saturated heterocycles. The summed E-state index contributed by atoms with van der Waals surface area (Å²) in [7, 11) is 0. The molecule has 0 radical (unpaired) electrons. The molecule has 0 aliphatic carbocycles. The highest BCUT2D eigenvalue weighted by Gasteiger charge is 2.09. The minimum Gasteiger partial charge on any atom is -0.490 e. The molecule has 0 aliphatic rings. The lowest BCUT2D eigenvalue weighted by Crippen LogP contribution is -2.06. The number of hydrogen-bond donors (Lipinski definition) is 2. The van der Waals surface area contributed by atoms with Crippen LogP contribution in [0.4, 0.5) is 15.8 Å². The Balaban J connectivity index is 2.11. The minimum atomic E-state index is -0.444. The maximum atomic E-state index is 13.7. The third-order valence-electron chi connectivity index (χ3n) is 2.97. The van der Waals surface area contributed by atoms with E-state index in [1.165, 1.54) is 6.07 Å². The lowest BCUT2D eigenvalue weighted by atomic mass is 10.2. The first-order valence-corrected chi connectivity index (χ1v) is 6.98. The van der Waals surface area contributed by atoms with Gasteiger partial charge in [0.15, 0.2) is 11.6 Å². The fraction of sp³-hybridized carbons (Fsp3) is 0.312. The molecule has 0 saturated carbocycles. The van der Waals surface area contributed by atoms with E-state index in [0.717, 1.165) is 17.8 Å². The Hall–Kier alpha value is -2.30. The quantitative estimate of drug-likeness (QED) is 0.799. The number of halogens is 1. The Morgan fingerprint density at radius 2 is 2.14 bits per heavy atom. The number of aryl methyl sites for hydroxylation is 1. The van der Waals surface area contributed by atoms with Crippen molar-refractivity contribution in [2.75, 3.05) is 17.7 Å². The fourth-order valence-corrected chi connectivity index (χ4v) is 1.93. The van der Waals surface area contributed by atoms with Crippen LogP contribution in [0.5, 0.6) is 5.75 Å². The van der Waals surface area contributed by atoms with Gasteiger partial charge in [-0.25, -0.2) is 4.39 Å². The molecular weight excluding hydrogens is 269 g/mol. The summed E-state index contributed by atoms with van der Waals surface area (Å²) < 4.78 is 19.1. The van der Waals surface area contributed by atoms with Crippen LogP contribution < -0.4 is 15.8 Å². The summed E-state index contributed by atoms with van der Waals surface area (Å²) in [4.78, 5) is 4.40. The third kappa shape index (κ3) is 4.08. The van der Waals surface area contributed by atoms with E-state index >= 15 is 0 Å². The highest BCUT2D eigenvalue weighted by Crippen LogP contribution is 2.28. The molecule has 0 bridgehead atoms. The topological polar surface area (TPSA) is 60.2 Å². The summed E-state index contributed by atoms with van der Waals surface area (Å²) in [5.74, 6) is -0.231. The third-order valence-corrected chi connectivity index (χ3v) is 2.97. The van der Waals surface area contributed by atoms with Crippen molar-refractivity contribution in [2.24, 2.45) is 0 Å². The predicted octanol–water partition coefficient (Wildman–Crippen LogP) is 3.51. The number of rotatable bonds is 6. The molecule has 0 aliphatic heterocycles. The molecule has 2 rings (SSSR count). The van der Waals surface area contributed by atoms with Crippen LogP contribution in [0, 0.1) is 12.7 Å². The van der Waals surface area contributed by atoms with Crippen molar-refractivity contribution >= 4 is 11.4 Å². The number of anilines is 2. The summed E-state index contributed by atoms with van der Waals surface area (Å²) in [6.45, 7) is 4.90. The van der Waals surface area contributed by atoms with Crippen molar-refractivity contribution in [3.05, 3.63) is 47.5 Å². The van der Waals surface area contributed by atoms with E-state index in [1.807, 2.05) is 32.0 Å². The van der Waals surface area contributed by atoms with Gasteiger partial charge in [0.25, 0.3) is 0 Å². The first-order chi connectivity index (χ1) is 10.1. The van der Waals surface area contributed by atoms with Crippen LogP contribution in [0.15, 0.2) is 30.3 Å². The normalized spacial score (nSPS) is 10.4. The van der Waals surface area contributed by atoms with E-state index in [9.17, 15) is 4.39 Å². The number of ether oxygens (including phenoxy) is 1. The van der Waals surface area contributed by atoms with Crippen LogP contribution in [0.1, 0.15) is 24.7 Å². The van der Waals surface area contributed by atoms with E-state index in [1.54, 1.807) is 6.07 Å². The van der Waals surface area contributed by atoms with Crippen molar-refractivity contribution < 1.29 is 9.13 Å². The molecule has 0 unspecified atom stereocenters. The average molecular weight is 289 g/mol. The molecule has 0 atom stereocenters. The number of nitrogens with two attached hydrogens (primary N) is 1. The highest BCUT2D eigenvalue weighted by molar-refractivity contribution is 5.68. The standard InChI is InChI=1S/C16H20FN3O/c1-3-7-21-16-9-15(14(18)8-13(16)17)19-10-12-6-4-5-11(2)20-12/h4-6,8-9,19H,3,7,10,18H2,1-2H3. The lowest BCUT2D eigenvalue weighted by molar-refractivity contribution is 0.301. The van der Waals surface area contributed by atoms with Gasteiger partial charge in [0.1, 0.15) is 0 Å². The molecule has 1 heterocycles. The molecule has 0 fully saturated rings. The molecule has 0 spiro atoms. The van der Waals surface area contributed by atoms with Crippen LogP contribution in [0.3, 0.4) is 0 Å². The number of nitrogens with one attached hydrogen (secondary N) is 1. The molecule has 3 N–H and O–H groups in total. The van der Waals surface area contributed by atoms with Crippen molar-refractivity contribution in [3.63, 3.8) is 0 Å². The Kier molecular flexibility index (Phi) is 4.98. The molecule has 1 aromatic heterocycles. The van der Waals surface area contributed by atoms with Crippen molar-refractivity contribution in [2.45, 2.75) is 26.8 Å². The smallest absolute Gasteiger partial charge is 0.167 e. The summed E-state index contributed by atoms with van der Waals surface area (Å²) in [6.07, 6.45) is 0.819. The maximum Gasteiger partial charge on any atom is 0.167 e. The van der Waals surface area contributed by atoms with Gasteiger partial charge < -0.3 is 15.8 Å². The Morgan fingerprint density at radius 3 is 2.86 bits per heavy atom. The Morgan fingerprint density at radius 1 is 1.33 bits per heavy atom. The zero-order valence-electron chi connectivity index (χ0n) is 12.3. The number of nitrogens with zero attached hydrogens (tertiary/aromatic N) is 1. The van der Waals surface area contributed by atoms with Gasteiger partial charge in [-0.15, -0.1) is 0 Å². The largest absolute Gasteiger partial charge is 0.490 e. The van der Waals surface area contributed by atoms with E-state index in [2.05, 4.69) is 10.3 Å². The fourth-order valence-electron chi connectivity index (χ4n) is 1.93. The van der Waals surface area contributed by atoms with Crippen molar-refractivity contribution in [1.29, 1.82) is 0 Å². The van der Waals surface area contributed by atoms with Gasteiger partial charge in [-0.2, -0.15) is 0 Å². The Labute approximate surface area is 124 Å². The summed E-state index contributed by atoms with van der Waals surface area (Å²) >= 11 is 0. The van der Waals surface area contributed by atoms with E-state index < -0.39 is 5.82 Å². The molecular formula is C16H20FN3O. The van der Waals surface area contributed by atoms with Gasteiger partial charge >= 0.3 is 0 Å². The van der Waals surface area contributed by atoms with E-state index in [0.29, 0.717) is 24.5 Å². The van der Waals surface area contributed by atoms with Crippen LogP contribution in [0.25, 0.3) is 0 Å².